The summed E-state index contributed by atoms with van der Waals surface area (Å²) in [6.45, 7) is 14.9. The van der Waals surface area contributed by atoms with E-state index in [4.69, 9.17) is 0 Å². The smallest absolute Gasteiger partial charge is 0.0248 e. The number of hydrogen-bond acceptors (Lipinski definition) is 2. The van der Waals surface area contributed by atoms with Crippen LogP contribution in [0.3, 0.4) is 0 Å². The third-order valence-corrected chi connectivity index (χ3v) is 4.27. The zero-order valence-corrected chi connectivity index (χ0v) is 13.1. The molecular weight excluding hydrogens is 208 g/mol. The molecule has 0 aliphatic rings. The van der Waals surface area contributed by atoms with Gasteiger partial charge in [-0.1, -0.05) is 34.1 Å². The van der Waals surface area contributed by atoms with Gasteiger partial charge in [0.2, 0.25) is 0 Å². The quantitative estimate of drug-likeness (QED) is 0.664. The van der Waals surface area contributed by atoms with Crippen LogP contribution in [0.1, 0.15) is 67.2 Å². The van der Waals surface area contributed by atoms with Crippen LogP contribution < -0.4 is 5.32 Å². The van der Waals surface area contributed by atoms with Gasteiger partial charge in [-0.05, 0) is 46.7 Å². The van der Waals surface area contributed by atoms with E-state index in [-0.39, 0.29) is 0 Å². The van der Waals surface area contributed by atoms with Crippen LogP contribution in [0.5, 0.6) is 0 Å². The molecule has 0 aliphatic heterocycles. The Balaban J connectivity index is 4.75. The summed E-state index contributed by atoms with van der Waals surface area (Å²) in [6.07, 6.45) is 4.95. The average Bonchev–Trinajstić information content (AvgIpc) is 2.30. The molecule has 2 heteroatoms. The summed E-state index contributed by atoms with van der Waals surface area (Å²) >= 11 is 0. The van der Waals surface area contributed by atoms with Gasteiger partial charge in [-0.3, -0.25) is 4.90 Å². The maximum Gasteiger partial charge on any atom is 0.0248 e. The molecule has 17 heavy (non-hydrogen) atoms. The van der Waals surface area contributed by atoms with Crippen molar-refractivity contribution >= 4 is 0 Å². The molecule has 0 fully saturated rings. The van der Waals surface area contributed by atoms with Gasteiger partial charge in [0.1, 0.15) is 0 Å². The Bertz CT molecular complexity index is 183. The van der Waals surface area contributed by atoms with Crippen LogP contribution in [0.4, 0.5) is 0 Å². The van der Waals surface area contributed by atoms with Gasteiger partial charge in [-0.15, -0.1) is 0 Å². The van der Waals surface area contributed by atoms with Crippen LogP contribution in [0.25, 0.3) is 0 Å². The molecule has 2 unspecified atom stereocenters. The minimum absolute atomic E-state index is 0.294. The lowest BCUT2D eigenvalue weighted by Crippen LogP contribution is -2.55. The molecule has 0 aromatic rings. The van der Waals surface area contributed by atoms with Gasteiger partial charge < -0.3 is 5.32 Å². The maximum atomic E-state index is 3.67. The van der Waals surface area contributed by atoms with Crippen molar-refractivity contribution in [1.82, 2.24) is 10.2 Å². The lowest BCUT2D eigenvalue weighted by Gasteiger charge is -2.44. The largest absolute Gasteiger partial charge is 0.313 e. The predicted molar refractivity (Wildman–Crippen MR) is 78.6 cm³/mol. The topological polar surface area (TPSA) is 15.3 Å². The normalized spacial score (nSPS) is 16.2. The van der Waals surface area contributed by atoms with Crippen molar-refractivity contribution in [2.24, 2.45) is 0 Å². The molecule has 2 nitrogen and oxygen atoms in total. The van der Waals surface area contributed by atoms with E-state index >= 15 is 0 Å². The van der Waals surface area contributed by atoms with Crippen molar-refractivity contribution in [2.45, 2.75) is 84.8 Å². The number of hydrogen-bond donors (Lipinski definition) is 1. The van der Waals surface area contributed by atoms with Crippen LogP contribution >= 0.6 is 0 Å². The van der Waals surface area contributed by atoms with Gasteiger partial charge in [-0.25, -0.2) is 0 Å². The molecule has 0 heterocycles. The third-order valence-electron chi connectivity index (χ3n) is 4.27. The van der Waals surface area contributed by atoms with Crippen molar-refractivity contribution in [2.75, 3.05) is 13.6 Å². The van der Waals surface area contributed by atoms with E-state index in [9.17, 15) is 0 Å². The Kier molecular flexibility index (Phi) is 8.06. The predicted octanol–water partition coefficient (Wildman–Crippen LogP) is 3.66. The van der Waals surface area contributed by atoms with Crippen LogP contribution in [-0.2, 0) is 0 Å². The highest BCUT2D eigenvalue weighted by Crippen LogP contribution is 2.23. The zero-order chi connectivity index (χ0) is 13.5. The van der Waals surface area contributed by atoms with E-state index in [1.165, 1.54) is 25.7 Å². The van der Waals surface area contributed by atoms with Crippen molar-refractivity contribution in [1.29, 1.82) is 0 Å². The highest BCUT2D eigenvalue weighted by atomic mass is 15.2. The van der Waals surface area contributed by atoms with Crippen molar-refractivity contribution in [3.63, 3.8) is 0 Å². The number of rotatable bonds is 9. The molecule has 1 N–H and O–H groups in total. The standard InChI is InChI=1S/C15H34N2/c1-8-12-13(16-11-4)14(9-2)17(7)15(5,6)10-3/h13-14,16H,8-12H2,1-7H3. The van der Waals surface area contributed by atoms with E-state index < -0.39 is 0 Å². The minimum atomic E-state index is 0.294. The highest BCUT2D eigenvalue weighted by molar-refractivity contribution is 4.89. The molecule has 0 rings (SSSR count). The SMILES string of the molecule is CCCC(NCC)C(CC)N(C)C(C)(C)CC. The molecule has 0 aromatic carbocycles. The molecule has 0 aromatic heterocycles. The first kappa shape index (κ1) is 16.9. The Morgan fingerprint density at radius 2 is 1.71 bits per heavy atom. The first-order valence-electron chi connectivity index (χ1n) is 7.40. The first-order valence-corrected chi connectivity index (χ1v) is 7.40. The lowest BCUT2D eigenvalue weighted by molar-refractivity contribution is 0.0693. The second-order valence-corrected chi connectivity index (χ2v) is 5.71. The van der Waals surface area contributed by atoms with Gasteiger partial charge >= 0.3 is 0 Å². The minimum Gasteiger partial charge on any atom is -0.313 e. The fourth-order valence-electron chi connectivity index (χ4n) is 2.53. The molecule has 0 bridgehead atoms. The Hall–Kier alpha value is -0.0800. The van der Waals surface area contributed by atoms with Crippen LogP contribution in [0, 0.1) is 0 Å². The highest BCUT2D eigenvalue weighted by Gasteiger charge is 2.31. The van der Waals surface area contributed by atoms with E-state index in [0.29, 0.717) is 17.6 Å². The Labute approximate surface area is 109 Å². The summed E-state index contributed by atoms with van der Waals surface area (Å²) in [5, 5.41) is 3.67. The second kappa shape index (κ2) is 8.10. The van der Waals surface area contributed by atoms with Gasteiger partial charge in [0.05, 0.1) is 0 Å². The van der Waals surface area contributed by atoms with E-state index in [2.05, 4.69) is 58.8 Å². The van der Waals surface area contributed by atoms with Crippen LogP contribution in [0.2, 0.25) is 0 Å². The van der Waals surface area contributed by atoms with Gasteiger partial charge in [-0.2, -0.15) is 0 Å². The molecule has 0 radical (unpaired) electrons. The van der Waals surface area contributed by atoms with E-state index in [1.54, 1.807) is 0 Å². The summed E-state index contributed by atoms with van der Waals surface area (Å²) in [4.78, 5) is 2.58. The fourth-order valence-corrected chi connectivity index (χ4v) is 2.53. The van der Waals surface area contributed by atoms with Gasteiger partial charge in [0.25, 0.3) is 0 Å². The van der Waals surface area contributed by atoms with Crippen molar-refractivity contribution in [3.05, 3.63) is 0 Å². The number of nitrogens with one attached hydrogen (secondary N) is 1. The summed E-state index contributed by atoms with van der Waals surface area (Å²) in [5.41, 5.74) is 0.294. The van der Waals surface area contributed by atoms with Gasteiger partial charge in [0, 0.05) is 17.6 Å². The Morgan fingerprint density at radius 1 is 1.12 bits per heavy atom. The van der Waals surface area contributed by atoms with Crippen molar-refractivity contribution < 1.29 is 0 Å². The van der Waals surface area contributed by atoms with Crippen LogP contribution in [-0.4, -0.2) is 36.1 Å². The molecular formula is C15H34N2. The molecule has 2 atom stereocenters. The van der Waals surface area contributed by atoms with E-state index in [1.807, 2.05) is 0 Å². The van der Waals surface area contributed by atoms with Crippen LogP contribution in [0.15, 0.2) is 0 Å². The summed E-state index contributed by atoms with van der Waals surface area (Å²) in [5.74, 6) is 0. The number of nitrogens with zero attached hydrogens (tertiary/aromatic N) is 1. The second-order valence-electron chi connectivity index (χ2n) is 5.71. The maximum absolute atomic E-state index is 3.67. The molecule has 0 saturated carbocycles. The molecule has 0 aliphatic carbocycles. The lowest BCUT2D eigenvalue weighted by atomic mass is 9.92. The van der Waals surface area contributed by atoms with Crippen molar-refractivity contribution in [3.8, 4) is 0 Å². The summed E-state index contributed by atoms with van der Waals surface area (Å²) in [6, 6.07) is 1.27. The van der Waals surface area contributed by atoms with E-state index in [0.717, 1.165) is 6.54 Å². The fraction of sp³-hybridized carbons (Fsp3) is 1.00. The Morgan fingerprint density at radius 3 is 2.06 bits per heavy atom. The summed E-state index contributed by atoms with van der Waals surface area (Å²) < 4.78 is 0. The van der Waals surface area contributed by atoms with Gasteiger partial charge in [0.15, 0.2) is 0 Å². The third kappa shape index (κ3) is 4.97. The summed E-state index contributed by atoms with van der Waals surface area (Å²) in [7, 11) is 2.29. The molecule has 104 valence electrons. The zero-order valence-electron chi connectivity index (χ0n) is 13.1. The molecule has 0 spiro atoms. The number of likely N-dealkylation sites (N-methyl/N-ethyl adjacent to an activating group) is 2. The molecule has 0 saturated heterocycles. The molecule has 0 amide bonds. The average molecular weight is 242 g/mol. The first-order chi connectivity index (χ1) is 7.94. The monoisotopic (exact) mass is 242 g/mol.